The molecule has 0 rings (SSSR count). The van der Waals surface area contributed by atoms with Crippen molar-refractivity contribution in [3.05, 3.63) is 11.6 Å². The SMILES string of the molecule is COC(CC/C(C)=C/C=O)OC. The van der Waals surface area contributed by atoms with Crippen LogP contribution in [0.4, 0.5) is 0 Å². The average Bonchev–Trinajstić information content (AvgIpc) is 2.07. The third kappa shape index (κ3) is 5.04. The smallest absolute Gasteiger partial charge is 0.157 e. The number of hydrogen-bond acceptors (Lipinski definition) is 3. The van der Waals surface area contributed by atoms with Crippen molar-refractivity contribution in [1.82, 2.24) is 0 Å². The van der Waals surface area contributed by atoms with E-state index in [4.69, 9.17) is 9.47 Å². The molecule has 0 fully saturated rings. The van der Waals surface area contributed by atoms with Crippen LogP contribution in [-0.4, -0.2) is 26.8 Å². The Balaban J connectivity index is 3.65. The minimum Gasteiger partial charge on any atom is -0.356 e. The molecule has 0 aliphatic heterocycles. The molecular weight excluding hydrogens is 156 g/mol. The van der Waals surface area contributed by atoms with E-state index in [1.807, 2.05) is 6.92 Å². The fourth-order valence-electron chi connectivity index (χ4n) is 0.877. The average molecular weight is 172 g/mol. The number of carbonyl (C=O) groups excluding carboxylic acids is 1. The lowest BCUT2D eigenvalue weighted by Gasteiger charge is -2.12. The zero-order valence-electron chi connectivity index (χ0n) is 7.87. The van der Waals surface area contributed by atoms with Gasteiger partial charge in [0.25, 0.3) is 0 Å². The first-order valence-electron chi connectivity index (χ1n) is 3.91. The van der Waals surface area contributed by atoms with Gasteiger partial charge in [-0.15, -0.1) is 0 Å². The van der Waals surface area contributed by atoms with Crippen molar-refractivity contribution in [3.8, 4) is 0 Å². The topological polar surface area (TPSA) is 35.5 Å². The van der Waals surface area contributed by atoms with Crippen LogP contribution in [0.2, 0.25) is 0 Å². The van der Waals surface area contributed by atoms with E-state index in [9.17, 15) is 4.79 Å². The van der Waals surface area contributed by atoms with Crippen molar-refractivity contribution in [2.45, 2.75) is 26.1 Å². The number of hydrogen-bond donors (Lipinski definition) is 0. The maximum atomic E-state index is 10.1. The minimum atomic E-state index is -0.167. The summed E-state index contributed by atoms with van der Waals surface area (Å²) in [5, 5.41) is 0. The highest BCUT2D eigenvalue weighted by Crippen LogP contribution is 2.08. The molecule has 70 valence electrons. The quantitative estimate of drug-likeness (QED) is 0.346. The number of carbonyl (C=O) groups is 1. The Morgan fingerprint density at radius 2 is 2.00 bits per heavy atom. The molecule has 0 aliphatic carbocycles. The van der Waals surface area contributed by atoms with Crippen molar-refractivity contribution in [2.75, 3.05) is 14.2 Å². The molecule has 0 unspecified atom stereocenters. The van der Waals surface area contributed by atoms with Crippen LogP contribution in [0, 0.1) is 0 Å². The first-order valence-corrected chi connectivity index (χ1v) is 3.91. The summed E-state index contributed by atoms with van der Waals surface area (Å²) in [6.07, 6.45) is 3.79. The summed E-state index contributed by atoms with van der Waals surface area (Å²) in [4.78, 5) is 10.1. The summed E-state index contributed by atoms with van der Waals surface area (Å²) in [6.45, 7) is 1.91. The van der Waals surface area contributed by atoms with Crippen LogP contribution in [0.5, 0.6) is 0 Å². The number of methoxy groups -OCH3 is 2. The van der Waals surface area contributed by atoms with Crippen LogP contribution in [0.25, 0.3) is 0 Å². The highest BCUT2D eigenvalue weighted by molar-refractivity contribution is 5.65. The van der Waals surface area contributed by atoms with Gasteiger partial charge in [-0.1, -0.05) is 5.57 Å². The Hall–Kier alpha value is -0.670. The molecule has 0 heterocycles. The Kier molecular flexibility index (Phi) is 6.61. The third-order valence-electron chi connectivity index (χ3n) is 1.65. The van der Waals surface area contributed by atoms with E-state index in [0.29, 0.717) is 0 Å². The largest absolute Gasteiger partial charge is 0.356 e. The number of ether oxygens (including phenoxy) is 2. The molecule has 0 aromatic carbocycles. The predicted molar refractivity (Wildman–Crippen MR) is 46.9 cm³/mol. The van der Waals surface area contributed by atoms with Crippen LogP contribution in [-0.2, 0) is 14.3 Å². The second kappa shape index (κ2) is 7.00. The van der Waals surface area contributed by atoms with E-state index >= 15 is 0 Å². The summed E-state index contributed by atoms with van der Waals surface area (Å²) in [7, 11) is 3.21. The van der Waals surface area contributed by atoms with Gasteiger partial charge in [-0.3, -0.25) is 4.79 Å². The zero-order valence-corrected chi connectivity index (χ0v) is 7.87. The number of allylic oxidation sites excluding steroid dienone is 2. The monoisotopic (exact) mass is 172 g/mol. The van der Waals surface area contributed by atoms with E-state index in [-0.39, 0.29) is 6.29 Å². The first-order chi connectivity index (χ1) is 5.74. The van der Waals surface area contributed by atoms with Gasteiger partial charge in [-0.05, 0) is 19.4 Å². The van der Waals surface area contributed by atoms with Crippen LogP contribution in [0.1, 0.15) is 19.8 Å². The maximum absolute atomic E-state index is 10.1. The van der Waals surface area contributed by atoms with E-state index in [1.165, 1.54) is 0 Å². The fourth-order valence-corrected chi connectivity index (χ4v) is 0.877. The van der Waals surface area contributed by atoms with Gasteiger partial charge in [0.2, 0.25) is 0 Å². The van der Waals surface area contributed by atoms with Gasteiger partial charge in [0.15, 0.2) is 6.29 Å². The minimum absolute atomic E-state index is 0.167. The number of rotatable bonds is 6. The highest BCUT2D eigenvalue weighted by Gasteiger charge is 2.03. The van der Waals surface area contributed by atoms with Crippen molar-refractivity contribution in [2.24, 2.45) is 0 Å². The standard InChI is InChI=1S/C9H16O3/c1-8(6-7-10)4-5-9(11-2)12-3/h6-7,9H,4-5H2,1-3H3/b8-6+. The van der Waals surface area contributed by atoms with Crippen molar-refractivity contribution in [1.29, 1.82) is 0 Å². The molecule has 0 saturated heterocycles. The van der Waals surface area contributed by atoms with Gasteiger partial charge < -0.3 is 9.47 Å². The lowest BCUT2D eigenvalue weighted by Crippen LogP contribution is -2.12. The molecule has 0 saturated carbocycles. The van der Waals surface area contributed by atoms with Gasteiger partial charge >= 0.3 is 0 Å². The lowest BCUT2D eigenvalue weighted by atomic mass is 10.1. The molecular formula is C9H16O3. The van der Waals surface area contributed by atoms with Crippen LogP contribution in [0.3, 0.4) is 0 Å². The molecule has 0 aromatic rings. The Bertz CT molecular complexity index is 148. The normalized spacial score (nSPS) is 12.2. The van der Waals surface area contributed by atoms with Crippen LogP contribution in [0.15, 0.2) is 11.6 Å². The van der Waals surface area contributed by atoms with Crippen molar-refractivity contribution >= 4 is 6.29 Å². The molecule has 0 aliphatic rings. The summed E-state index contributed by atoms with van der Waals surface area (Å²) < 4.78 is 9.98. The van der Waals surface area contributed by atoms with E-state index in [0.717, 1.165) is 24.7 Å². The van der Waals surface area contributed by atoms with Gasteiger partial charge in [0.05, 0.1) is 0 Å². The molecule has 0 aromatic heterocycles. The maximum Gasteiger partial charge on any atom is 0.157 e. The first kappa shape index (κ1) is 11.3. The van der Waals surface area contributed by atoms with Gasteiger partial charge in [0, 0.05) is 20.6 Å². The molecule has 3 heteroatoms. The summed E-state index contributed by atoms with van der Waals surface area (Å²) in [5.74, 6) is 0. The zero-order chi connectivity index (χ0) is 9.40. The molecule has 0 amide bonds. The van der Waals surface area contributed by atoms with Gasteiger partial charge in [-0.2, -0.15) is 0 Å². The molecule has 0 N–H and O–H groups in total. The van der Waals surface area contributed by atoms with E-state index < -0.39 is 0 Å². The number of aldehydes is 1. The Morgan fingerprint density at radius 3 is 2.42 bits per heavy atom. The van der Waals surface area contributed by atoms with Crippen molar-refractivity contribution in [3.63, 3.8) is 0 Å². The second-order valence-corrected chi connectivity index (χ2v) is 2.59. The molecule has 12 heavy (non-hydrogen) atoms. The Morgan fingerprint density at radius 1 is 1.42 bits per heavy atom. The van der Waals surface area contributed by atoms with Gasteiger partial charge in [-0.25, -0.2) is 0 Å². The summed E-state index contributed by atoms with van der Waals surface area (Å²) in [6, 6.07) is 0. The third-order valence-corrected chi connectivity index (χ3v) is 1.65. The molecule has 3 nitrogen and oxygen atoms in total. The van der Waals surface area contributed by atoms with Crippen LogP contribution < -0.4 is 0 Å². The molecule has 0 spiro atoms. The summed E-state index contributed by atoms with van der Waals surface area (Å²) >= 11 is 0. The molecule has 0 bridgehead atoms. The van der Waals surface area contributed by atoms with E-state index in [1.54, 1.807) is 20.3 Å². The Labute approximate surface area is 73.4 Å². The van der Waals surface area contributed by atoms with E-state index in [2.05, 4.69) is 0 Å². The van der Waals surface area contributed by atoms with Gasteiger partial charge in [0.1, 0.15) is 6.29 Å². The fraction of sp³-hybridized carbons (Fsp3) is 0.667. The molecule has 0 atom stereocenters. The predicted octanol–water partition coefficient (Wildman–Crippen LogP) is 1.53. The summed E-state index contributed by atoms with van der Waals surface area (Å²) in [5.41, 5.74) is 1.05. The molecule has 0 radical (unpaired) electrons. The van der Waals surface area contributed by atoms with Crippen molar-refractivity contribution < 1.29 is 14.3 Å². The lowest BCUT2D eigenvalue weighted by molar-refractivity contribution is -0.106. The second-order valence-electron chi connectivity index (χ2n) is 2.59. The highest BCUT2D eigenvalue weighted by atomic mass is 16.7. The van der Waals surface area contributed by atoms with Crippen LogP contribution >= 0.6 is 0 Å².